The van der Waals surface area contributed by atoms with Gasteiger partial charge in [-0.25, -0.2) is 14.1 Å². The van der Waals surface area contributed by atoms with Crippen molar-refractivity contribution in [2.75, 3.05) is 11.9 Å². The largest absolute Gasteiger partial charge is 0.394 e. The number of hydrogen-bond donors (Lipinski definition) is 2. The standard InChI is InChI=1S/C17H15FN7O/c18-15-4-2-1-3-12(15)10-25-16-13(8-21-25)7-19-17(23-16)22-14-9-20-24(11-14)5-6-26/h1-3,7-9,11,26H,5-6,10H2,(H,19,22,23). The maximum Gasteiger partial charge on any atom is 0.229 e. The van der Waals surface area contributed by atoms with Gasteiger partial charge in [-0.15, -0.1) is 0 Å². The monoisotopic (exact) mass is 352 g/mol. The number of hydrogen-bond acceptors (Lipinski definition) is 6. The lowest BCUT2D eigenvalue weighted by molar-refractivity contribution is 0.269. The van der Waals surface area contributed by atoms with Crippen molar-refractivity contribution in [1.29, 1.82) is 0 Å². The van der Waals surface area contributed by atoms with Crippen molar-refractivity contribution in [3.8, 4) is 0 Å². The summed E-state index contributed by atoms with van der Waals surface area (Å²) in [5, 5.41) is 21.1. The van der Waals surface area contributed by atoms with Gasteiger partial charge in [0.25, 0.3) is 0 Å². The molecule has 8 nitrogen and oxygen atoms in total. The van der Waals surface area contributed by atoms with Crippen molar-refractivity contribution in [3.63, 3.8) is 0 Å². The number of fused-ring (bicyclic) bond motifs is 1. The first kappa shape index (κ1) is 16.2. The molecular weight excluding hydrogens is 337 g/mol. The Labute approximate surface area is 147 Å². The van der Waals surface area contributed by atoms with Crippen LogP contribution in [0, 0.1) is 11.9 Å². The van der Waals surface area contributed by atoms with Crippen molar-refractivity contribution < 1.29 is 9.50 Å². The van der Waals surface area contributed by atoms with Gasteiger partial charge < -0.3 is 10.4 Å². The van der Waals surface area contributed by atoms with Gasteiger partial charge in [0.15, 0.2) is 5.65 Å². The first-order chi connectivity index (χ1) is 12.7. The normalized spacial score (nSPS) is 11.2. The third kappa shape index (κ3) is 3.24. The summed E-state index contributed by atoms with van der Waals surface area (Å²) >= 11 is 0. The average Bonchev–Trinajstić information content (AvgIpc) is 3.24. The number of aliphatic hydroxyl groups is 1. The summed E-state index contributed by atoms with van der Waals surface area (Å²) in [5.41, 5.74) is 1.77. The predicted octanol–water partition coefficient (Wildman–Crippen LogP) is 1.75. The molecule has 0 aliphatic carbocycles. The van der Waals surface area contributed by atoms with Crippen molar-refractivity contribution in [2.45, 2.75) is 13.1 Å². The number of rotatable bonds is 6. The molecule has 9 heteroatoms. The fourth-order valence-electron chi connectivity index (χ4n) is 2.56. The van der Waals surface area contributed by atoms with Crippen molar-refractivity contribution in [1.82, 2.24) is 29.5 Å². The lowest BCUT2D eigenvalue weighted by atomic mass is 10.2. The van der Waals surface area contributed by atoms with Gasteiger partial charge in [-0.1, -0.05) is 18.2 Å². The van der Waals surface area contributed by atoms with E-state index in [4.69, 9.17) is 5.11 Å². The summed E-state index contributed by atoms with van der Waals surface area (Å²) in [6, 6.07) is 7.49. The number of aromatic nitrogens is 6. The van der Waals surface area contributed by atoms with Gasteiger partial charge in [-0.05, 0) is 0 Å². The van der Waals surface area contributed by atoms with E-state index >= 15 is 0 Å². The number of nitrogens with zero attached hydrogens (tertiary/aromatic N) is 6. The Hall–Kier alpha value is -3.33. The number of benzene rings is 1. The molecule has 2 N–H and O–H groups in total. The van der Waals surface area contributed by atoms with Gasteiger partial charge >= 0.3 is 0 Å². The fraction of sp³-hybridized carbons (Fsp3) is 0.176. The molecule has 0 aliphatic heterocycles. The number of aliphatic hydroxyl groups excluding tert-OH is 1. The Kier molecular flexibility index (Phi) is 4.28. The van der Waals surface area contributed by atoms with E-state index in [-0.39, 0.29) is 13.2 Å². The topological polar surface area (TPSA) is 93.7 Å². The molecule has 3 heterocycles. The highest BCUT2D eigenvalue weighted by Gasteiger charge is 2.10. The molecule has 0 saturated heterocycles. The van der Waals surface area contributed by atoms with E-state index in [0.717, 1.165) is 5.39 Å². The van der Waals surface area contributed by atoms with Gasteiger partial charge in [0, 0.05) is 24.0 Å². The van der Waals surface area contributed by atoms with E-state index in [2.05, 4.69) is 31.5 Å². The van der Waals surface area contributed by atoms with Crippen LogP contribution in [0.2, 0.25) is 0 Å². The van der Waals surface area contributed by atoms with Crippen LogP contribution in [0.1, 0.15) is 5.56 Å². The Morgan fingerprint density at radius 2 is 2.15 bits per heavy atom. The predicted molar refractivity (Wildman–Crippen MR) is 92.3 cm³/mol. The second kappa shape index (κ2) is 6.89. The summed E-state index contributed by atoms with van der Waals surface area (Å²) in [6.07, 6.45) is 6.66. The Morgan fingerprint density at radius 3 is 3.00 bits per heavy atom. The molecule has 0 atom stereocenters. The molecule has 0 fully saturated rings. The average molecular weight is 352 g/mol. The summed E-state index contributed by atoms with van der Waals surface area (Å²) in [7, 11) is 0. The van der Waals surface area contributed by atoms with E-state index in [0.29, 0.717) is 29.4 Å². The molecule has 26 heavy (non-hydrogen) atoms. The van der Waals surface area contributed by atoms with Gasteiger partial charge in [0.2, 0.25) is 5.95 Å². The first-order valence-electron chi connectivity index (χ1n) is 7.97. The SMILES string of the molecule is OCCn1cc(Nc2ncc3cnn(Cc4ccc[c]c4F)c3n2)cn1. The van der Waals surface area contributed by atoms with Crippen LogP contribution in [0.25, 0.3) is 11.0 Å². The highest BCUT2D eigenvalue weighted by Crippen LogP contribution is 2.17. The highest BCUT2D eigenvalue weighted by molar-refractivity contribution is 5.75. The van der Waals surface area contributed by atoms with Gasteiger partial charge in [-0.3, -0.25) is 4.68 Å². The zero-order valence-corrected chi connectivity index (χ0v) is 13.7. The lowest BCUT2D eigenvalue weighted by Gasteiger charge is -2.06. The quantitative estimate of drug-likeness (QED) is 0.549. The van der Waals surface area contributed by atoms with Crippen molar-refractivity contribution in [2.24, 2.45) is 0 Å². The Bertz CT molecular complexity index is 1040. The second-order valence-corrected chi connectivity index (χ2v) is 5.62. The molecule has 4 aromatic rings. The van der Waals surface area contributed by atoms with Crippen molar-refractivity contribution >= 4 is 22.7 Å². The molecule has 0 spiro atoms. The molecule has 0 bridgehead atoms. The van der Waals surface area contributed by atoms with E-state index in [9.17, 15) is 4.39 Å². The maximum atomic E-state index is 13.8. The van der Waals surface area contributed by atoms with Crippen LogP contribution in [-0.2, 0) is 13.1 Å². The Morgan fingerprint density at radius 1 is 1.23 bits per heavy atom. The summed E-state index contributed by atoms with van der Waals surface area (Å²) in [5.74, 6) is -0.0252. The second-order valence-electron chi connectivity index (χ2n) is 5.62. The van der Waals surface area contributed by atoms with Gasteiger partial charge in [-0.2, -0.15) is 15.2 Å². The molecule has 131 valence electrons. The Balaban J connectivity index is 1.60. The molecule has 0 amide bonds. The zero-order chi connectivity index (χ0) is 17.9. The summed E-state index contributed by atoms with van der Waals surface area (Å²) in [6.45, 7) is 0.668. The van der Waals surface area contributed by atoms with Crippen LogP contribution in [0.4, 0.5) is 16.0 Å². The van der Waals surface area contributed by atoms with Crippen LogP contribution in [0.5, 0.6) is 0 Å². The minimum absolute atomic E-state index is 0.0102. The number of halogens is 1. The van der Waals surface area contributed by atoms with Gasteiger partial charge in [0.1, 0.15) is 5.82 Å². The minimum Gasteiger partial charge on any atom is -0.394 e. The zero-order valence-electron chi connectivity index (χ0n) is 13.7. The fourth-order valence-corrected chi connectivity index (χ4v) is 2.56. The van der Waals surface area contributed by atoms with Crippen LogP contribution in [0.15, 0.2) is 43.0 Å². The number of anilines is 2. The van der Waals surface area contributed by atoms with Crippen LogP contribution in [-0.4, -0.2) is 41.2 Å². The molecule has 0 unspecified atom stereocenters. The molecule has 3 aromatic heterocycles. The van der Waals surface area contributed by atoms with Crippen molar-refractivity contribution in [3.05, 3.63) is 60.4 Å². The first-order valence-corrected chi connectivity index (χ1v) is 7.97. The molecular formula is C17H15FN7O. The van der Waals surface area contributed by atoms with Crippen LogP contribution >= 0.6 is 0 Å². The van der Waals surface area contributed by atoms with E-state index in [1.165, 1.54) is 6.07 Å². The lowest BCUT2D eigenvalue weighted by Crippen LogP contribution is -2.06. The van der Waals surface area contributed by atoms with Gasteiger partial charge in [0.05, 0.1) is 43.2 Å². The molecule has 0 saturated carbocycles. The molecule has 4 rings (SSSR count). The van der Waals surface area contributed by atoms with Crippen LogP contribution < -0.4 is 5.32 Å². The minimum atomic E-state index is -0.403. The summed E-state index contributed by atoms with van der Waals surface area (Å²) in [4.78, 5) is 8.72. The highest BCUT2D eigenvalue weighted by atomic mass is 19.1. The molecule has 1 aromatic carbocycles. The molecule has 1 radical (unpaired) electrons. The van der Waals surface area contributed by atoms with E-state index < -0.39 is 5.82 Å². The van der Waals surface area contributed by atoms with E-state index in [1.807, 2.05) is 0 Å². The number of nitrogens with one attached hydrogen (secondary N) is 1. The third-order valence-electron chi connectivity index (χ3n) is 3.80. The van der Waals surface area contributed by atoms with E-state index in [1.54, 1.807) is 46.3 Å². The molecule has 0 aliphatic rings. The smallest absolute Gasteiger partial charge is 0.229 e. The summed E-state index contributed by atoms with van der Waals surface area (Å²) < 4.78 is 17.1. The third-order valence-corrected chi connectivity index (χ3v) is 3.80. The maximum absolute atomic E-state index is 13.8. The van der Waals surface area contributed by atoms with Crippen LogP contribution in [0.3, 0.4) is 0 Å².